The van der Waals surface area contributed by atoms with Crippen molar-refractivity contribution in [2.24, 2.45) is 5.41 Å². The van der Waals surface area contributed by atoms with Gasteiger partial charge in [0.1, 0.15) is 5.60 Å². The highest BCUT2D eigenvalue weighted by Crippen LogP contribution is 2.40. The average Bonchev–Trinajstić information content (AvgIpc) is 2.69. The zero-order valence-electron chi connectivity index (χ0n) is 16.4. The average molecular weight is 342 g/mol. The molecule has 0 saturated carbocycles. The van der Waals surface area contributed by atoms with Crippen LogP contribution in [0.15, 0.2) is 0 Å². The van der Waals surface area contributed by atoms with Crippen molar-refractivity contribution in [2.45, 2.75) is 98.1 Å². The number of hydrogen-bond donors (Lipinski definition) is 0. The summed E-state index contributed by atoms with van der Waals surface area (Å²) >= 11 is 0. The van der Waals surface area contributed by atoms with E-state index in [2.05, 4.69) is 6.92 Å². The fourth-order valence-electron chi connectivity index (χ4n) is 2.97. The first kappa shape index (κ1) is 21.1. The van der Waals surface area contributed by atoms with Crippen LogP contribution in [-0.4, -0.2) is 35.9 Å². The second kappa shape index (κ2) is 7.96. The van der Waals surface area contributed by atoms with Crippen LogP contribution < -0.4 is 0 Å². The number of hydrogen-bond acceptors (Lipinski definition) is 5. The molecule has 0 aromatic rings. The summed E-state index contributed by atoms with van der Waals surface area (Å²) in [6, 6.07) is 0. The van der Waals surface area contributed by atoms with E-state index < -0.39 is 28.9 Å². The Morgan fingerprint density at radius 1 is 1.08 bits per heavy atom. The Labute approximate surface area is 146 Å². The molecule has 1 fully saturated rings. The molecule has 1 aliphatic rings. The second-order valence-electron chi connectivity index (χ2n) is 8.42. The summed E-state index contributed by atoms with van der Waals surface area (Å²) in [5.41, 5.74) is -1.31. The quantitative estimate of drug-likeness (QED) is 0.492. The van der Waals surface area contributed by atoms with Gasteiger partial charge in [0.25, 0.3) is 0 Å². The van der Waals surface area contributed by atoms with Crippen molar-refractivity contribution in [1.29, 1.82) is 0 Å². The molecule has 1 rings (SSSR count). The Balaban J connectivity index is 2.70. The maximum atomic E-state index is 12.6. The summed E-state index contributed by atoms with van der Waals surface area (Å²) < 4.78 is 17.0. The lowest BCUT2D eigenvalue weighted by Gasteiger charge is -2.28. The van der Waals surface area contributed by atoms with Gasteiger partial charge in [-0.05, 0) is 48.0 Å². The zero-order valence-corrected chi connectivity index (χ0v) is 16.4. The molecule has 0 unspecified atom stereocenters. The summed E-state index contributed by atoms with van der Waals surface area (Å²) in [6.45, 7) is 12.7. The molecular formula is C19H34O5. The first-order chi connectivity index (χ1) is 10.9. The lowest BCUT2D eigenvalue weighted by atomic mass is 9.89. The minimum Gasteiger partial charge on any atom is -0.457 e. The standard InChI is InChI=1S/C19H34O5/c1-8-9-10-11-12-19(7)15(23-18(5,6)24-19)14(20)13-22-16(21)17(2,3)4/h15H,8-13H2,1-7H3/t15-,19+/m1/s1. The lowest BCUT2D eigenvalue weighted by molar-refractivity contribution is -0.166. The third-order valence-corrected chi connectivity index (χ3v) is 4.21. The van der Waals surface area contributed by atoms with Gasteiger partial charge in [-0.25, -0.2) is 0 Å². The van der Waals surface area contributed by atoms with Gasteiger partial charge in [-0.1, -0.05) is 32.6 Å². The molecule has 0 aromatic heterocycles. The molecule has 1 saturated heterocycles. The van der Waals surface area contributed by atoms with Crippen molar-refractivity contribution in [3.05, 3.63) is 0 Å². The van der Waals surface area contributed by atoms with E-state index in [1.165, 1.54) is 6.42 Å². The highest BCUT2D eigenvalue weighted by Gasteiger charge is 2.53. The summed E-state index contributed by atoms with van der Waals surface area (Å²) in [5, 5.41) is 0. The largest absolute Gasteiger partial charge is 0.457 e. The minimum absolute atomic E-state index is 0.240. The van der Waals surface area contributed by atoms with Gasteiger partial charge < -0.3 is 14.2 Å². The maximum Gasteiger partial charge on any atom is 0.311 e. The molecule has 0 bridgehead atoms. The van der Waals surface area contributed by atoms with Crippen molar-refractivity contribution in [2.75, 3.05) is 6.61 Å². The number of rotatable bonds is 8. The first-order valence-electron chi connectivity index (χ1n) is 8.99. The monoisotopic (exact) mass is 342 g/mol. The fraction of sp³-hybridized carbons (Fsp3) is 0.895. The Kier molecular flexibility index (Phi) is 7.00. The van der Waals surface area contributed by atoms with E-state index in [9.17, 15) is 9.59 Å². The second-order valence-corrected chi connectivity index (χ2v) is 8.42. The summed E-state index contributed by atoms with van der Waals surface area (Å²) in [4.78, 5) is 24.5. The minimum atomic E-state index is -0.812. The van der Waals surface area contributed by atoms with E-state index in [-0.39, 0.29) is 12.4 Å². The summed E-state index contributed by atoms with van der Waals surface area (Å²) in [7, 11) is 0. The van der Waals surface area contributed by atoms with Crippen LogP contribution in [0.1, 0.15) is 80.6 Å². The van der Waals surface area contributed by atoms with E-state index >= 15 is 0 Å². The van der Waals surface area contributed by atoms with Gasteiger partial charge in [0.15, 0.2) is 18.5 Å². The maximum absolute atomic E-state index is 12.6. The molecule has 0 N–H and O–H groups in total. The molecular weight excluding hydrogens is 308 g/mol. The fourth-order valence-corrected chi connectivity index (χ4v) is 2.97. The highest BCUT2D eigenvalue weighted by molar-refractivity contribution is 5.88. The van der Waals surface area contributed by atoms with Gasteiger partial charge in [-0.3, -0.25) is 9.59 Å². The third kappa shape index (κ3) is 5.85. The predicted octanol–water partition coefficient (Wildman–Crippen LogP) is 4.03. The predicted molar refractivity (Wildman–Crippen MR) is 92.6 cm³/mol. The topological polar surface area (TPSA) is 61.8 Å². The van der Waals surface area contributed by atoms with Gasteiger partial charge in [-0.15, -0.1) is 0 Å². The Morgan fingerprint density at radius 2 is 1.71 bits per heavy atom. The number of ketones is 1. The van der Waals surface area contributed by atoms with Crippen molar-refractivity contribution in [1.82, 2.24) is 0 Å². The molecule has 1 heterocycles. The third-order valence-electron chi connectivity index (χ3n) is 4.21. The van der Waals surface area contributed by atoms with Crippen molar-refractivity contribution in [3.8, 4) is 0 Å². The molecule has 0 aliphatic carbocycles. The van der Waals surface area contributed by atoms with Crippen LogP contribution in [0.25, 0.3) is 0 Å². The van der Waals surface area contributed by atoms with E-state index in [1.807, 2.05) is 20.8 Å². The number of unbranched alkanes of at least 4 members (excludes halogenated alkanes) is 3. The Bertz CT molecular complexity index is 449. The zero-order chi connectivity index (χ0) is 18.6. The number of carbonyl (C=O) groups excluding carboxylic acids is 2. The summed E-state index contributed by atoms with van der Waals surface area (Å²) in [6.07, 6.45) is 4.46. The first-order valence-corrected chi connectivity index (χ1v) is 8.99. The smallest absolute Gasteiger partial charge is 0.311 e. The number of ether oxygens (including phenoxy) is 3. The molecule has 0 radical (unpaired) electrons. The molecule has 0 aromatic carbocycles. The van der Waals surface area contributed by atoms with E-state index in [0.717, 1.165) is 25.7 Å². The molecule has 140 valence electrons. The van der Waals surface area contributed by atoms with Gasteiger partial charge >= 0.3 is 5.97 Å². The van der Waals surface area contributed by atoms with Crippen LogP contribution in [0.5, 0.6) is 0 Å². The van der Waals surface area contributed by atoms with Crippen LogP contribution in [0.3, 0.4) is 0 Å². The molecule has 1 aliphatic heterocycles. The van der Waals surface area contributed by atoms with Gasteiger partial charge in [0.2, 0.25) is 5.78 Å². The van der Waals surface area contributed by atoms with Gasteiger partial charge in [-0.2, -0.15) is 0 Å². The normalized spacial score (nSPS) is 26.4. The van der Waals surface area contributed by atoms with Gasteiger partial charge in [0.05, 0.1) is 5.41 Å². The van der Waals surface area contributed by atoms with E-state index in [0.29, 0.717) is 0 Å². The Morgan fingerprint density at radius 3 is 2.25 bits per heavy atom. The summed E-state index contributed by atoms with van der Waals surface area (Å²) in [5.74, 6) is -1.44. The SMILES string of the molecule is CCCCCC[C@]1(C)OC(C)(C)O[C@@H]1C(=O)COC(=O)C(C)(C)C. The van der Waals surface area contributed by atoms with Crippen LogP contribution >= 0.6 is 0 Å². The number of carbonyl (C=O) groups is 2. The van der Waals surface area contributed by atoms with E-state index in [1.54, 1.807) is 20.8 Å². The van der Waals surface area contributed by atoms with Crippen LogP contribution in [0, 0.1) is 5.41 Å². The van der Waals surface area contributed by atoms with Crippen LogP contribution in [0.2, 0.25) is 0 Å². The van der Waals surface area contributed by atoms with Crippen molar-refractivity contribution in [3.63, 3.8) is 0 Å². The number of esters is 1. The molecule has 0 amide bonds. The van der Waals surface area contributed by atoms with Crippen LogP contribution in [0.4, 0.5) is 0 Å². The number of Topliss-reactive ketones (excluding diaryl/α,β-unsaturated/α-hetero) is 1. The van der Waals surface area contributed by atoms with Gasteiger partial charge in [0, 0.05) is 0 Å². The molecule has 2 atom stereocenters. The van der Waals surface area contributed by atoms with Crippen LogP contribution in [-0.2, 0) is 23.8 Å². The van der Waals surface area contributed by atoms with Crippen molar-refractivity contribution >= 4 is 11.8 Å². The molecule has 5 heteroatoms. The molecule has 0 spiro atoms. The van der Waals surface area contributed by atoms with Crippen molar-refractivity contribution < 1.29 is 23.8 Å². The molecule has 5 nitrogen and oxygen atoms in total. The highest BCUT2D eigenvalue weighted by atomic mass is 16.8. The lowest BCUT2D eigenvalue weighted by Crippen LogP contribution is -2.44. The molecule has 24 heavy (non-hydrogen) atoms. The van der Waals surface area contributed by atoms with E-state index in [4.69, 9.17) is 14.2 Å². The Hall–Kier alpha value is -0.940.